The van der Waals surface area contributed by atoms with Gasteiger partial charge >= 0.3 is 0 Å². The van der Waals surface area contributed by atoms with Crippen LogP contribution in [0.4, 0.5) is 0 Å². The van der Waals surface area contributed by atoms with Gasteiger partial charge in [-0.05, 0) is 24.3 Å². The third kappa shape index (κ3) is 2.46. The van der Waals surface area contributed by atoms with E-state index < -0.39 is 0 Å². The summed E-state index contributed by atoms with van der Waals surface area (Å²) in [6.45, 7) is 0. The summed E-state index contributed by atoms with van der Waals surface area (Å²) in [5, 5.41) is 0.698. The van der Waals surface area contributed by atoms with Gasteiger partial charge in [-0.25, -0.2) is 0 Å². The van der Waals surface area contributed by atoms with E-state index in [1.165, 1.54) is 0 Å². The van der Waals surface area contributed by atoms with Gasteiger partial charge < -0.3 is 0 Å². The van der Waals surface area contributed by atoms with Gasteiger partial charge in [-0.15, -0.1) is 6.42 Å². The monoisotopic (exact) mass is 218 g/mol. The zero-order chi connectivity index (χ0) is 8.81. The van der Waals surface area contributed by atoms with E-state index in [2.05, 4.69) is 33.7 Å². The lowest BCUT2D eigenvalue weighted by molar-refractivity contribution is 1.60. The molecule has 0 aliphatic rings. The molecule has 0 fully saturated rings. The first-order chi connectivity index (χ1) is 5.86. The Morgan fingerprint density at radius 2 is 1.75 bits per heavy atom. The average Bonchev–Trinajstić information content (AvgIpc) is 2.15. The number of terminal acetylenes is 1. The Hall–Kier alpha value is -1.18. The summed E-state index contributed by atoms with van der Waals surface area (Å²) in [6, 6.07) is 7.62. The number of benzene rings is 1. The molecule has 0 saturated heterocycles. The highest BCUT2D eigenvalue weighted by molar-refractivity contribution is 9.09. The molecule has 1 heteroatoms. The maximum Gasteiger partial charge on any atom is 0.0649 e. The second-order valence-electron chi connectivity index (χ2n) is 2.16. The molecule has 0 nitrogen and oxygen atoms in total. The Morgan fingerprint density at radius 1 is 1.17 bits per heavy atom. The van der Waals surface area contributed by atoms with Crippen molar-refractivity contribution >= 4 is 15.9 Å². The van der Waals surface area contributed by atoms with Crippen LogP contribution in [0.2, 0.25) is 0 Å². The fourth-order valence-corrected chi connectivity index (χ4v) is 0.925. The Morgan fingerprint density at radius 3 is 2.25 bits per heavy atom. The van der Waals surface area contributed by atoms with Crippen LogP contribution in [0.1, 0.15) is 11.1 Å². The molecule has 0 aliphatic heterocycles. The molecular formula is C11H7Br. The van der Waals surface area contributed by atoms with Gasteiger partial charge in [0.05, 0.1) is 5.33 Å². The second-order valence-corrected chi connectivity index (χ2v) is 2.72. The van der Waals surface area contributed by atoms with Crippen LogP contribution in [0.15, 0.2) is 24.3 Å². The van der Waals surface area contributed by atoms with Gasteiger partial charge in [0.1, 0.15) is 0 Å². The zero-order valence-corrected chi connectivity index (χ0v) is 8.06. The summed E-state index contributed by atoms with van der Waals surface area (Å²) in [6.07, 6.45) is 5.21. The van der Waals surface area contributed by atoms with Crippen LogP contribution in [0.3, 0.4) is 0 Å². The van der Waals surface area contributed by atoms with Crippen LogP contribution in [0.25, 0.3) is 0 Å². The van der Waals surface area contributed by atoms with Crippen LogP contribution in [0.5, 0.6) is 0 Å². The molecule has 58 valence electrons. The molecule has 1 aromatic rings. The Kier molecular flexibility index (Phi) is 3.45. The van der Waals surface area contributed by atoms with E-state index in [9.17, 15) is 0 Å². The topological polar surface area (TPSA) is 0 Å². The lowest BCUT2D eigenvalue weighted by atomic mass is 10.1. The normalized spacial score (nSPS) is 8.00. The number of halogens is 1. The van der Waals surface area contributed by atoms with Crippen molar-refractivity contribution in [3.05, 3.63) is 35.4 Å². The highest BCUT2D eigenvalue weighted by Crippen LogP contribution is 2.01. The molecule has 0 heterocycles. The molecule has 1 rings (SSSR count). The fraction of sp³-hybridized carbons (Fsp3) is 0.0909. The summed E-state index contributed by atoms with van der Waals surface area (Å²) >= 11 is 3.23. The van der Waals surface area contributed by atoms with Gasteiger partial charge in [0.25, 0.3) is 0 Å². The van der Waals surface area contributed by atoms with Crippen molar-refractivity contribution in [3.8, 4) is 24.2 Å². The standard InChI is InChI=1S/C11H7Br/c1-2-10-5-7-11(8-6-10)4-3-9-12/h1,5-8H,9H2. The van der Waals surface area contributed by atoms with E-state index >= 15 is 0 Å². The molecule has 0 N–H and O–H groups in total. The van der Waals surface area contributed by atoms with Crippen LogP contribution >= 0.6 is 15.9 Å². The maximum atomic E-state index is 5.21. The maximum absolute atomic E-state index is 5.21. The molecular weight excluding hydrogens is 212 g/mol. The fourth-order valence-electron chi connectivity index (χ4n) is 0.785. The molecule has 0 aromatic heterocycles. The SMILES string of the molecule is C#Cc1ccc(C#CCBr)cc1. The van der Waals surface area contributed by atoms with E-state index in [1.54, 1.807) is 0 Å². The van der Waals surface area contributed by atoms with E-state index in [1.807, 2.05) is 24.3 Å². The van der Waals surface area contributed by atoms with Gasteiger partial charge in [0.15, 0.2) is 0 Å². The third-order valence-corrected chi connectivity index (χ3v) is 1.63. The highest BCUT2D eigenvalue weighted by atomic mass is 79.9. The quantitative estimate of drug-likeness (QED) is 0.464. The van der Waals surface area contributed by atoms with Gasteiger partial charge in [-0.3, -0.25) is 0 Å². The minimum Gasteiger partial charge on any atom is -0.115 e. The molecule has 0 aliphatic carbocycles. The van der Waals surface area contributed by atoms with Crippen LogP contribution in [-0.2, 0) is 0 Å². The first-order valence-electron chi connectivity index (χ1n) is 3.48. The Bertz CT molecular complexity index is 343. The van der Waals surface area contributed by atoms with Crippen LogP contribution < -0.4 is 0 Å². The number of alkyl halides is 1. The van der Waals surface area contributed by atoms with Gasteiger partial charge in [0, 0.05) is 11.1 Å². The third-order valence-electron chi connectivity index (χ3n) is 1.35. The summed E-state index contributed by atoms with van der Waals surface area (Å²) < 4.78 is 0. The van der Waals surface area contributed by atoms with E-state index in [4.69, 9.17) is 6.42 Å². The molecule has 0 radical (unpaired) electrons. The molecule has 12 heavy (non-hydrogen) atoms. The van der Waals surface area contributed by atoms with Gasteiger partial charge in [0.2, 0.25) is 0 Å². The van der Waals surface area contributed by atoms with Crippen molar-refractivity contribution in [1.29, 1.82) is 0 Å². The molecule has 0 amide bonds. The number of rotatable bonds is 0. The number of hydrogen-bond acceptors (Lipinski definition) is 0. The summed E-state index contributed by atoms with van der Waals surface area (Å²) in [4.78, 5) is 0. The Balaban J connectivity index is 2.87. The molecule has 0 atom stereocenters. The lowest BCUT2D eigenvalue weighted by Crippen LogP contribution is -1.76. The van der Waals surface area contributed by atoms with E-state index in [0.29, 0.717) is 5.33 Å². The van der Waals surface area contributed by atoms with Crippen molar-refractivity contribution in [1.82, 2.24) is 0 Å². The van der Waals surface area contributed by atoms with Crippen LogP contribution in [0, 0.1) is 24.2 Å². The minimum atomic E-state index is 0.698. The summed E-state index contributed by atoms with van der Waals surface area (Å²) in [7, 11) is 0. The largest absolute Gasteiger partial charge is 0.115 e. The lowest BCUT2D eigenvalue weighted by Gasteiger charge is -1.90. The van der Waals surface area contributed by atoms with E-state index in [-0.39, 0.29) is 0 Å². The first kappa shape index (κ1) is 8.91. The molecule has 0 unspecified atom stereocenters. The van der Waals surface area contributed by atoms with Crippen molar-refractivity contribution in [2.24, 2.45) is 0 Å². The zero-order valence-electron chi connectivity index (χ0n) is 6.47. The van der Waals surface area contributed by atoms with Gasteiger partial charge in [-0.1, -0.05) is 33.7 Å². The Labute approximate surface area is 81.1 Å². The molecule has 0 bridgehead atoms. The molecule has 0 saturated carbocycles. The minimum absolute atomic E-state index is 0.698. The van der Waals surface area contributed by atoms with Crippen molar-refractivity contribution in [2.75, 3.05) is 5.33 Å². The molecule has 1 aromatic carbocycles. The summed E-state index contributed by atoms with van der Waals surface area (Å²) in [5.41, 5.74) is 1.88. The second kappa shape index (κ2) is 4.65. The average molecular weight is 219 g/mol. The predicted molar refractivity (Wildman–Crippen MR) is 55.0 cm³/mol. The van der Waals surface area contributed by atoms with Crippen molar-refractivity contribution < 1.29 is 0 Å². The highest BCUT2D eigenvalue weighted by Gasteiger charge is 1.86. The van der Waals surface area contributed by atoms with Crippen molar-refractivity contribution in [2.45, 2.75) is 0 Å². The predicted octanol–water partition coefficient (Wildman–Crippen LogP) is 2.41. The molecule has 0 spiro atoms. The smallest absolute Gasteiger partial charge is 0.0649 e. The number of hydrogen-bond donors (Lipinski definition) is 0. The van der Waals surface area contributed by atoms with Crippen molar-refractivity contribution in [3.63, 3.8) is 0 Å². The van der Waals surface area contributed by atoms with Crippen LogP contribution in [-0.4, -0.2) is 5.33 Å². The van der Waals surface area contributed by atoms with Gasteiger partial charge in [-0.2, -0.15) is 0 Å². The van der Waals surface area contributed by atoms with E-state index in [0.717, 1.165) is 11.1 Å². The summed E-state index contributed by atoms with van der Waals surface area (Å²) in [5.74, 6) is 8.45. The first-order valence-corrected chi connectivity index (χ1v) is 4.60.